The van der Waals surface area contributed by atoms with Crippen molar-refractivity contribution in [2.75, 3.05) is 0 Å². The maximum atomic E-state index is 11.1. The molecule has 7 nitrogen and oxygen atoms in total. The summed E-state index contributed by atoms with van der Waals surface area (Å²) in [7, 11) is 0. The van der Waals surface area contributed by atoms with Crippen LogP contribution in [0.25, 0.3) is 10.9 Å². The zero-order valence-electron chi connectivity index (χ0n) is 18.6. The average molecular weight is 434 g/mol. The smallest absolute Gasteiger partial charge is 0.308 e. The number of hydrogen-bond donors (Lipinski definition) is 4. The van der Waals surface area contributed by atoms with E-state index in [4.69, 9.17) is 14.8 Å². The van der Waals surface area contributed by atoms with Gasteiger partial charge in [-0.15, -0.1) is 0 Å². The van der Waals surface area contributed by atoms with E-state index < -0.39 is 36.3 Å². The number of unbranched alkanes of at least 4 members (excludes halogenated alkanes) is 4. The number of ether oxygens (including phenoxy) is 1. The van der Waals surface area contributed by atoms with Gasteiger partial charge in [-0.2, -0.15) is 0 Å². The Morgan fingerprint density at radius 2 is 1.68 bits per heavy atom. The number of carboxylic acid groups (broad SMARTS) is 1. The predicted molar refractivity (Wildman–Crippen MR) is 119 cm³/mol. The highest BCUT2D eigenvalue weighted by Crippen LogP contribution is 2.28. The van der Waals surface area contributed by atoms with Gasteiger partial charge in [0.25, 0.3) is 0 Å². The highest BCUT2D eigenvalue weighted by Gasteiger charge is 2.36. The van der Waals surface area contributed by atoms with E-state index in [1.54, 1.807) is 6.92 Å². The normalized spacial score (nSPS) is 16.5. The third-order valence-electron chi connectivity index (χ3n) is 5.66. The van der Waals surface area contributed by atoms with Crippen molar-refractivity contribution in [2.45, 2.75) is 83.7 Å². The number of pyridine rings is 1. The first-order chi connectivity index (χ1) is 14.8. The van der Waals surface area contributed by atoms with Crippen LogP contribution < -0.4 is 4.74 Å². The minimum atomic E-state index is -1.66. The molecule has 0 aliphatic heterocycles. The zero-order chi connectivity index (χ0) is 23.0. The minimum Gasteiger partial charge on any atom is -0.487 e. The Balaban J connectivity index is 2.15. The van der Waals surface area contributed by atoms with Crippen molar-refractivity contribution in [1.82, 2.24) is 4.98 Å². The number of aromatic nitrogens is 1. The lowest BCUT2D eigenvalue weighted by atomic mass is 9.94. The number of benzene rings is 1. The van der Waals surface area contributed by atoms with Gasteiger partial charge < -0.3 is 25.2 Å². The molecule has 0 radical (unpaired) electrons. The molecule has 172 valence electrons. The fourth-order valence-electron chi connectivity index (χ4n) is 3.52. The molecule has 1 aromatic carbocycles. The van der Waals surface area contributed by atoms with Gasteiger partial charge >= 0.3 is 5.97 Å². The van der Waals surface area contributed by atoms with E-state index in [-0.39, 0.29) is 0 Å². The van der Waals surface area contributed by atoms with E-state index >= 15 is 0 Å². The second kappa shape index (κ2) is 12.0. The lowest BCUT2D eigenvalue weighted by Crippen LogP contribution is -2.49. The van der Waals surface area contributed by atoms with Crippen LogP contribution in [-0.4, -0.2) is 55.8 Å². The van der Waals surface area contributed by atoms with Crippen molar-refractivity contribution in [3.8, 4) is 5.75 Å². The van der Waals surface area contributed by atoms with Gasteiger partial charge in [-0.1, -0.05) is 44.7 Å². The van der Waals surface area contributed by atoms with Gasteiger partial charge in [-0.25, -0.2) is 0 Å². The average Bonchev–Trinajstić information content (AvgIpc) is 2.76. The number of aliphatic hydroxyl groups is 3. The largest absolute Gasteiger partial charge is 0.487 e. The summed E-state index contributed by atoms with van der Waals surface area (Å²) in [5.41, 5.74) is 1.68. The summed E-state index contributed by atoms with van der Waals surface area (Å²) >= 11 is 0. The first-order valence-corrected chi connectivity index (χ1v) is 11.1. The van der Waals surface area contributed by atoms with Crippen LogP contribution >= 0.6 is 0 Å². The van der Waals surface area contributed by atoms with Crippen molar-refractivity contribution in [3.05, 3.63) is 36.0 Å². The van der Waals surface area contributed by atoms with Gasteiger partial charge in [0.2, 0.25) is 0 Å². The molecular formula is C24H35NO6. The van der Waals surface area contributed by atoms with Crippen LogP contribution in [0.3, 0.4) is 0 Å². The lowest BCUT2D eigenvalue weighted by molar-refractivity contribution is -0.154. The molecule has 0 fully saturated rings. The summed E-state index contributed by atoms with van der Waals surface area (Å²) in [6.45, 7) is 5.03. The van der Waals surface area contributed by atoms with E-state index in [1.165, 1.54) is 26.2 Å². The van der Waals surface area contributed by atoms with E-state index in [0.29, 0.717) is 5.75 Å². The molecule has 2 rings (SSSR count). The summed E-state index contributed by atoms with van der Waals surface area (Å²) in [6.07, 6.45) is 0.974. The summed E-state index contributed by atoms with van der Waals surface area (Å²) in [5, 5.41) is 40.6. The van der Waals surface area contributed by atoms with Crippen LogP contribution in [0.15, 0.2) is 30.3 Å². The maximum absolute atomic E-state index is 11.1. The lowest BCUT2D eigenvalue weighted by Gasteiger charge is -2.29. The number of hydrogen-bond acceptors (Lipinski definition) is 6. The molecule has 31 heavy (non-hydrogen) atoms. The van der Waals surface area contributed by atoms with E-state index in [2.05, 4.69) is 6.92 Å². The maximum Gasteiger partial charge on any atom is 0.308 e. The van der Waals surface area contributed by atoms with Crippen molar-refractivity contribution in [2.24, 2.45) is 5.92 Å². The Labute approximate surface area is 183 Å². The number of carbonyl (C=O) groups is 1. The number of rotatable bonds is 13. The van der Waals surface area contributed by atoms with Gasteiger partial charge in [0.15, 0.2) is 0 Å². The van der Waals surface area contributed by atoms with E-state index in [1.807, 2.05) is 30.3 Å². The fourth-order valence-corrected chi connectivity index (χ4v) is 3.52. The molecule has 2 aromatic rings. The molecule has 1 aromatic heterocycles. The topological polar surface area (TPSA) is 120 Å². The van der Waals surface area contributed by atoms with Crippen LogP contribution in [0.2, 0.25) is 0 Å². The molecule has 0 saturated carbocycles. The van der Waals surface area contributed by atoms with Crippen LogP contribution in [-0.2, 0) is 11.2 Å². The fraction of sp³-hybridized carbons (Fsp3) is 0.583. The zero-order valence-corrected chi connectivity index (χ0v) is 18.6. The number of fused-ring (bicyclic) bond motifs is 1. The molecule has 0 spiro atoms. The monoisotopic (exact) mass is 433 g/mol. The first-order valence-electron chi connectivity index (χ1n) is 11.1. The highest BCUT2D eigenvalue weighted by molar-refractivity contribution is 5.85. The molecule has 5 atom stereocenters. The molecule has 7 heteroatoms. The Hall–Kier alpha value is -2.22. The molecule has 0 bridgehead atoms. The molecule has 0 aliphatic rings. The van der Waals surface area contributed by atoms with Crippen LogP contribution in [0.4, 0.5) is 0 Å². The van der Waals surface area contributed by atoms with Gasteiger partial charge in [0.1, 0.15) is 24.1 Å². The number of aryl methyl sites for hydroxylation is 1. The summed E-state index contributed by atoms with van der Waals surface area (Å²) in [4.78, 5) is 15.8. The van der Waals surface area contributed by atoms with E-state index in [0.717, 1.165) is 35.9 Å². The van der Waals surface area contributed by atoms with Crippen molar-refractivity contribution in [3.63, 3.8) is 0 Å². The molecule has 0 aliphatic carbocycles. The summed E-state index contributed by atoms with van der Waals surface area (Å²) in [5.74, 6) is -1.94. The second-order valence-corrected chi connectivity index (χ2v) is 8.21. The second-order valence-electron chi connectivity index (χ2n) is 8.21. The number of aliphatic carboxylic acids is 1. The van der Waals surface area contributed by atoms with E-state index in [9.17, 15) is 20.1 Å². The third kappa shape index (κ3) is 6.89. The van der Waals surface area contributed by atoms with Crippen LogP contribution in [0.5, 0.6) is 5.75 Å². The minimum absolute atomic E-state index is 0.536. The van der Waals surface area contributed by atoms with Gasteiger partial charge in [0.05, 0.1) is 17.5 Å². The molecule has 1 heterocycles. The number of carboxylic acids is 1. The predicted octanol–water partition coefficient (Wildman–Crippen LogP) is 3.32. The molecular weight excluding hydrogens is 398 g/mol. The Kier molecular flexibility index (Phi) is 9.68. The Morgan fingerprint density at radius 1 is 1.00 bits per heavy atom. The van der Waals surface area contributed by atoms with Crippen molar-refractivity contribution >= 4 is 16.9 Å². The quantitative estimate of drug-likeness (QED) is 0.358. The SMILES string of the molecule is CCCCCCCc1cc(O[C@H](C)[C@H](O)[C@@H](O)C(O)C(C)C(=O)O)c2ccccc2n1. The number of nitrogens with zero attached hydrogens (tertiary/aromatic N) is 1. The number of para-hydroxylation sites is 1. The Bertz CT molecular complexity index is 842. The molecule has 0 amide bonds. The van der Waals surface area contributed by atoms with Crippen molar-refractivity contribution < 1.29 is 30.0 Å². The highest BCUT2D eigenvalue weighted by atomic mass is 16.5. The summed E-state index contributed by atoms with van der Waals surface area (Å²) in [6, 6.07) is 9.40. The first kappa shape index (κ1) is 25.0. The molecule has 4 N–H and O–H groups in total. The standard InChI is InChI=1S/C24H35NO6/c1-4-5-6-7-8-11-17-14-20(18-12-9-10-13-19(18)25-17)31-16(3)22(27)23(28)21(26)15(2)24(29)30/h9-10,12-16,21-23,26-28H,4-8,11H2,1-3H3,(H,29,30)/t15?,16-,21?,22+,23+/m1/s1. The molecule has 2 unspecified atom stereocenters. The molecule has 0 saturated heterocycles. The Morgan fingerprint density at radius 3 is 2.35 bits per heavy atom. The van der Waals surface area contributed by atoms with Gasteiger partial charge in [0, 0.05) is 17.1 Å². The van der Waals surface area contributed by atoms with Crippen LogP contribution in [0, 0.1) is 5.92 Å². The summed E-state index contributed by atoms with van der Waals surface area (Å²) < 4.78 is 5.98. The third-order valence-corrected chi connectivity index (χ3v) is 5.66. The number of aliphatic hydroxyl groups excluding tert-OH is 3. The van der Waals surface area contributed by atoms with Crippen LogP contribution in [0.1, 0.15) is 58.6 Å². The van der Waals surface area contributed by atoms with Gasteiger partial charge in [-0.05, 0) is 38.8 Å². The van der Waals surface area contributed by atoms with Gasteiger partial charge in [-0.3, -0.25) is 9.78 Å². The van der Waals surface area contributed by atoms with Crippen molar-refractivity contribution in [1.29, 1.82) is 0 Å².